The molecule has 0 saturated heterocycles. The molecule has 6 aromatic carbocycles. The summed E-state index contributed by atoms with van der Waals surface area (Å²) in [6.07, 6.45) is 2.15. The summed E-state index contributed by atoms with van der Waals surface area (Å²) in [5.41, 5.74) is 7.22. The number of fused-ring (bicyclic) bond motifs is 8. The van der Waals surface area contributed by atoms with Crippen LogP contribution in [0.3, 0.4) is 0 Å². The minimum absolute atomic E-state index is 0.0182. The number of benzene rings is 6. The van der Waals surface area contributed by atoms with Gasteiger partial charge in [-0.05, 0) is 88.4 Å². The highest BCUT2D eigenvalue weighted by Crippen LogP contribution is 2.52. The summed E-state index contributed by atoms with van der Waals surface area (Å²) >= 11 is 8.70. The summed E-state index contributed by atoms with van der Waals surface area (Å²) in [6, 6.07) is 29.2. The summed E-state index contributed by atoms with van der Waals surface area (Å²) in [6.45, 7) is 9.27. The second kappa shape index (κ2) is 10.7. The van der Waals surface area contributed by atoms with Gasteiger partial charge in [-0.25, -0.2) is 0 Å². The van der Waals surface area contributed by atoms with Crippen molar-refractivity contribution >= 4 is 82.1 Å². The molecule has 9 rings (SSSR count). The predicted molar refractivity (Wildman–Crippen MR) is 207 cm³/mol. The maximum atomic E-state index is 8.81. The number of halogens is 1. The van der Waals surface area contributed by atoms with Crippen LogP contribution in [0.4, 0.5) is 17.1 Å². The van der Waals surface area contributed by atoms with E-state index in [-0.39, 0.29) is 40.6 Å². The van der Waals surface area contributed by atoms with Gasteiger partial charge in [0.2, 0.25) is 0 Å². The van der Waals surface area contributed by atoms with E-state index >= 15 is 0 Å². The fourth-order valence-corrected chi connectivity index (χ4v) is 9.08. The maximum absolute atomic E-state index is 8.81. The molecule has 0 bridgehead atoms. The first-order chi connectivity index (χ1) is 25.2. The molecule has 236 valence electrons. The van der Waals surface area contributed by atoms with Crippen molar-refractivity contribution in [1.29, 1.82) is 0 Å². The Morgan fingerprint density at radius 3 is 2.23 bits per heavy atom. The first-order valence-electron chi connectivity index (χ1n) is 18.8. The molecule has 0 amide bonds. The molecule has 0 atom stereocenters. The number of para-hydroxylation sites is 1. The molecule has 2 heterocycles. The van der Waals surface area contributed by atoms with E-state index in [0.29, 0.717) is 16.3 Å². The molecule has 1 aliphatic rings. The highest BCUT2D eigenvalue weighted by molar-refractivity contribution is 7.26. The Hall–Kier alpha value is -4.57. The lowest BCUT2D eigenvalue weighted by atomic mass is 9.63. The Balaban J connectivity index is 1.40. The Bertz CT molecular complexity index is 2810. The number of anilines is 3. The van der Waals surface area contributed by atoms with E-state index in [0.717, 1.165) is 66.3 Å². The zero-order chi connectivity index (χ0) is 37.1. The van der Waals surface area contributed by atoms with Gasteiger partial charge in [0.05, 0.1) is 17.2 Å². The van der Waals surface area contributed by atoms with E-state index in [1.54, 1.807) is 17.4 Å². The fourth-order valence-electron chi connectivity index (χ4n) is 7.64. The van der Waals surface area contributed by atoms with E-state index in [4.69, 9.17) is 22.9 Å². The van der Waals surface area contributed by atoms with Crippen LogP contribution in [-0.4, -0.2) is 0 Å². The van der Waals surface area contributed by atoms with Crippen LogP contribution in [0.15, 0.2) is 126 Å². The Morgan fingerprint density at radius 2 is 1.42 bits per heavy atom. The fraction of sp³-hybridized carbons (Fsp3) is 0.182. The van der Waals surface area contributed by atoms with Crippen LogP contribution in [0.25, 0.3) is 53.2 Å². The van der Waals surface area contributed by atoms with Gasteiger partial charge in [0.15, 0.2) is 0 Å². The third-order valence-corrected chi connectivity index (χ3v) is 11.6. The highest BCUT2D eigenvalue weighted by atomic mass is 35.5. The lowest BCUT2D eigenvalue weighted by molar-refractivity contribution is 0.332. The van der Waals surface area contributed by atoms with Crippen LogP contribution in [-0.2, 0) is 10.8 Å². The van der Waals surface area contributed by atoms with E-state index in [1.807, 2.05) is 30.3 Å². The van der Waals surface area contributed by atoms with Gasteiger partial charge < -0.3 is 9.32 Å². The molecule has 4 heteroatoms. The van der Waals surface area contributed by atoms with E-state index in [9.17, 15) is 0 Å². The molecule has 0 N–H and O–H groups in total. The average Bonchev–Trinajstić information content (AvgIpc) is 3.70. The topological polar surface area (TPSA) is 16.4 Å². The zero-order valence-corrected chi connectivity index (χ0v) is 28.8. The van der Waals surface area contributed by atoms with Gasteiger partial charge in [0, 0.05) is 48.7 Å². The summed E-state index contributed by atoms with van der Waals surface area (Å²) in [5.74, 6) is 0. The molecule has 0 unspecified atom stereocenters. The summed E-state index contributed by atoms with van der Waals surface area (Å²) in [7, 11) is 0. The second-order valence-electron chi connectivity index (χ2n) is 14.2. The number of rotatable bonds is 4. The van der Waals surface area contributed by atoms with Crippen LogP contribution in [0.1, 0.15) is 58.5 Å². The molecule has 0 spiro atoms. The number of hydrogen-bond donors (Lipinski definition) is 0. The van der Waals surface area contributed by atoms with Crippen LogP contribution >= 0.6 is 22.9 Å². The average molecular weight is 667 g/mol. The van der Waals surface area contributed by atoms with Crippen LogP contribution < -0.4 is 4.90 Å². The molecule has 0 radical (unpaired) electrons. The Morgan fingerprint density at radius 1 is 0.688 bits per heavy atom. The lowest BCUT2D eigenvalue weighted by Crippen LogP contribution is -2.34. The van der Waals surface area contributed by atoms with Gasteiger partial charge in [-0.1, -0.05) is 112 Å². The van der Waals surface area contributed by atoms with Crippen molar-refractivity contribution in [2.24, 2.45) is 0 Å². The van der Waals surface area contributed by atoms with Gasteiger partial charge in [0.25, 0.3) is 0 Å². The smallest absolute Gasteiger partial charge is 0.138 e. The minimum atomic E-state index is -0.432. The quantitative estimate of drug-likeness (QED) is 0.186. The van der Waals surface area contributed by atoms with Crippen molar-refractivity contribution in [2.45, 2.75) is 51.4 Å². The summed E-state index contributed by atoms with van der Waals surface area (Å²) in [4.78, 5) is 2.20. The summed E-state index contributed by atoms with van der Waals surface area (Å²) in [5, 5.41) is 4.76. The van der Waals surface area contributed by atoms with Crippen molar-refractivity contribution in [3.63, 3.8) is 0 Å². The second-order valence-corrected chi connectivity index (χ2v) is 15.7. The highest BCUT2D eigenvalue weighted by Gasteiger charge is 2.37. The van der Waals surface area contributed by atoms with E-state index in [2.05, 4.69) is 87.2 Å². The van der Waals surface area contributed by atoms with Crippen LogP contribution in [0.5, 0.6) is 0 Å². The zero-order valence-electron chi connectivity index (χ0n) is 32.2. The van der Waals surface area contributed by atoms with Crippen molar-refractivity contribution < 1.29 is 11.3 Å². The van der Waals surface area contributed by atoms with Gasteiger partial charge in [0.1, 0.15) is 11.2 Å². The molecular weight excluding hydrogens is 626 g/mol. The largest absolute Gasteiger partial charge is 0.456 e. The predicted octanol–water partition coefficient (Wildman–Crippen LogP) is 14.1. The van der Waals surface area contributed by atoms with Crippen molar-refractivity contribution in [2.75, 3.05) is 4.90 Å². The molecule has 0 saturated carbocycles. The number of thiophene rings is 1. The van der Waals surface area contributed by atoms with Gasteiger partial charge in [-0.15, -0.1) is 11.3 Å². The van der Waals surface area contributed by atoms with Crippen molar-refractivity contribution in [1.82, 2.24) is 0 Å². The number of furan rings is 1. The third-order valence-electron chi connectivity index (χ3n) is 10.2. The number of hydrogen-bond acceptors (Lipinski definition) is 3. The van der Waals surface area contributed by atoms with Gasteiger partial charge in [-0.3, -0.25) is 0 Å². The Labute approximate surface area is 297 Å². The van der Waals surface area contributed by atoms with E-state index in [1.165, 1.54) is 11.1 Å². The Kier molecular flexibility index (Phi) is 5.48. The first kappa shape index (κ1) is 24.6. The third kappa shape index (κ3) is 4.59. The molecule has 1 aliphatic carbocycles. The molecular formula is C44H36ClNOS. The molecule has 0 fully saturated rings. The van der Waals surface area contributed by atoms with Gasteiger partial charge >= 0.3 is 0 Å². The molecule has 2 aromatic heterocycles. The van der Waals surface area contributed by atoms with Gasteiger partial charge in [-0.2, -0.15) is 0 Å². The molecule has 48 heavy (non-hydrogen) atoms. The monoisotopic (exact) mass is 666 g/mol. The van der Waals surface area contributed by atoms with Crippen LogP contribution in [0.2, 0.25) is 5.02 Å². The molecule has 8 aromatic rings. The normalized spacial score (nSPS) is 16.8. The molecule has 0 aliphatic heterocycles. The van der Waals surface area contributed by atoms with Crippen molar-refractivity contribution in [3.8, 4) is 11.1 Å². The maximum Gasteiger partial charge on any atom is 0.138 e. The first-order valence-corrected chi connectivity index (χ1v) is 17.5. The SMILES string of the molecule is [2H]c1c([2H])c([2H])c(-c2cc(Cl)cc(N(c3ccc4c(c3)C(C)(C)CCC4(C)C)c3cc4oc5ccccc5c4c4c3sc3ccccc34)c2)c([2H])c1[2H]. The minimum Gasteiger partial charge on any atom is -0.456 e. The number of nitrogens with zero attached hydrogens (tertiary/aromatic N) is 1. The molecule has 2 nitrogen and oxygen atoms in total. The van der Waals surface area contributed by atoms with Crippen LogP contribution in [0, 0.1) is 0 Å². The summed E-state index contributed by atoms with van der Waals surface area (Å²) < 4.78 is 51.5. The lowest BCUT2D eigenvalue weighted by Gasteiger charge is -2.42. The standard InChI is InChI=1S/C44H36ClNOS/c1-43(2)20-21-44(3,4)35-25-30(18-19-34(35)43)46(31-23-28(22-29(45)24-31)27-12-6-5-7-13-27)36-26-38-40(32-14-8-10-16-37(32)47-38)41-33-15-9-11-17-39(33)48-42(36)41/h5-19,22-26H,20-21H2,1-4H3/i5D,6D,7D,12D,13D. The van der Waals surface area contributed by atoms with Crippen molar-refractivity contribution in [3.05, 3.63) is 137 Å². The van der Waals surface area contributed by atoms with E-state index < -0.39 is 6.04 Å².